The lowest BCUT2D eigenvalue weighted by Crippen LogP contribution is -2.25. The summed E-state index contributed by atoms with van der Waals surface area (Å²) in [6.07, 6.45) is 0. The van der Waals surface area contributed by atoms with E-state index in [1.54, 1.807) is 0 Å². The molecule has 0 bridgehead atoms. The predicted octanol–water partition coefficient (Wildman–Crippen LogP) is 15.9. The molecule has 2 heteroatoms. The van der Waals surface area contributed by atoms with Gasteiger partial charge in [-0.2, -0.15) is 0 Å². The van der Waals surface area contributed by atoms with Crippen LogP contribution in [-0.2, 0) is 5.41 Å². The highest BCUT2D eigenvalue weighted by Crippen LogP contribution is 2.64. The largest absolute Gasteiger partial charge is 0.456 e. The minimum atomic E-state index is -0.383. The Hall–Kier alpha value is -7.94. The van der Waals surface area contributed by atoms with Gasteiger partial charge in [-0.15, -0.1) is 0 Å². The molecule has 0 aliphatic heterocycles. The SMILES string of the molecule is c1ccc(N(c2ccc(-c3ccccc3-c3cccc4c3-c3ccccc3C43c4ccccc4-c4ccccc43)cc2)c2ccc3oc4cc5ccccc5cc4c3c2)cc1. The van der Waals surface area contributed by atoms with Gasteiger partial charge in [-0.3, -0.25) is 0 Å². The van der Waals surface area contributed by atoms with Gasteiger partial charge in [0.2, 0.25) is 0 Å². The Kier molecular flexibility index (Phi) is 7.26. The topological polar surface area (TPSA) is 16.4 Å². The Morgan fingerprint density at radius 3 is 1.54 bits per heavy atom. The van der Waals surface area contributed by atoms with Crippen molar-refractivity contribution in [1.82, 2.24) is 0 Å². The van der Waals surface area contributed by atoms with Crippen LogP contribution in [0.25, 0.3) is 77.2 Å². The lowest BCUT2D eigenvalue weighted by Gasteiger charge is -2.30. The molecule has 0 N–H and O–H groups in total. The summed E-state index contributed by atoms with van der Waals surface area (Å²) in [6, 6.07) is 82.2. The first-order valence-corrected chi connectivity index (χ1v) is 21.1. The third kappa shape index (κ3) is 4.85. The summed E-state index contributed by atoms with van der Waals surface area (Å²) >= 11 is 0. The van der Waals surface area contributed by atoms with E-state index in [0.717, 1.165) is 39.0 Å². The van der Waals surface area contributed by atoms with Gasteiger partial charge in [0.1, 0.15) is 11.2 Å². The summed E-state index contributed by atoms with van der Waals surface area (Å²) in [5.74, 6) is 0. The van der Waals surface area contributed by atoms with E-state index in [2.05, 4.69) is 229 Å². The molecule has 0 saturated heterocycles. The summed E-state index contributed by atoms with van der Waals surface area (Å²) in [4.78, 5) is 2.34. The summed E-state index contributed by atoms with van der Waals surface area (Å²) in [7, 11) is 0. The standard InChI is InChI=1S/C59H37NO/c1-2-17-41(18-3-1)60(43-33-34-56-51(37-43)50-35-39-15-4-5-16-40(39)36-57(50)61-56)42-31-29-38(30-32-42)44-19-6-7-20-45(44)48-24-14-28-55-58(48)49-23-10-13-27-54(49)59(55)52-25-11-8-21-46(52)47-22-9-12-26-53(47)59/h1-37H. The smallest absolute Gasteiger partial charge is 0.136 e. The molecule has 1 spiro atoms. The van der Waals surface area contributed by atoms with Crippen LogP contribution in [0.4, 0.5) is 17.1 Å². The minimum Gasteiger partial charge on any atom is -0.456 e. The fraction of sp³-hybridized carbons (Fsp3) is 0.0169. The van der Waals surface area contributed by atoms with Gasteiger partial charge in [0.05, 0.1) is 5.41 Å². The van der Waals surface area contributed by atoms with Crippen molar-refractivity contribution in [2.24, 2.45) is 0 Å². The van der Waals surface area contributed by atoms with Crippen LogP contribution < -0.4 is 4.90 Å². The second kappa shape index (κ2) is 13.0. The molecule has 0 saturated carbocycles. The van der Waals surface area contributed by atoms with E-state index in [1.165, 1.54) is 77.5 Å². The Labute approximate surface area is 354 Å². The van der Waals surface area contributed by atoms with Crippen LogP contribution in [-0.4, -0.2) is 0 Å². The molecular formula is C59H37NO. The van der Waals surface area contributed by atoms with Gasteiger partial charge in [0.15, 0.2) is 0 Å². The van der Waals surface area contributed by atoms with E-state index in [4.69, 9.17) is 4.42 Å². The van der Waals surface area contributed by atoms with Crippen LogP contribution in [0.1, 0.15) is 22.3 Å². The molecule has 0 amide bonds. The molecule has 0 radical (unpaired) electrons. The Balaban J connectivity index is 0.946. The number of para-hydroxylation sites is 1. The number of hydrogen-bond donors (Lipinski definition) is 0. The van der Waals surface area contributed by atoms with Crippen molar-refractivity contribution in [3.05, 3.63) is 247 Å². The Morgan fingerprint density at radius 1 is 0.311 bits per heavy atom. The van der Waals surface area contributed by atoms with Gasteiger partial charge in [0, 0.05) is 27.8 Å². The van der Waals surface area contributed by atoms with Crippen molar-refractivity contribution in [2.75, 3.05) is 4.90 Å². The second-order valence-corrected chi connectivity index (χ2v) is 16.4. The van der Waals surface area contributed by atoms with Crippen LogP contribution >= 0.6 is 0 Å². The summed E-state index contributed by atoms with van der Waals surface area (Å²) in [6.45, 7) is 0. The molecule has 1 heterocycles. The third-order valence-electron chi connectivity index (χ3n) is 13.3. The molecule has 284 valence electrons. The minimum absolute atomic E-state index is 0.383. The highest BCUT2D eigenvalue weighted by atomic mass is 16.3. The Morgan fingerprint density at radius 2 is 0.820 bits per heavy atom. The zero-order valence-corrected chi connectivity index (χ0v) is 33.2. The maximum absolute atomic E-state index is 6.41. The van der Waals surface area contributed by atoms with Crippen molar-refractivity contribution >= 4 is 49.8 Å². The fourth-order valence-electron chi connectivity index (χ4n) is 10.7. The molecule has 0 fully saturated rings. The van der Waals surface area contributed by atoms with Crippen LogP contribution in [0.2, 0.25) is 0 Å². The summed E-state index contributed by atoms with van der Waals surface area (Å²) < 4.78 is 6.41. The van der Waals surface area contributed by atoms with Gasteiger partial charge in [-0.25, -0.2) is 0 Å². The first-order valence-electron chi connectivity index (χ1n) is 21.1. The van der Waals surface area contributed by atoms with Gasteiger partial charge in [-0.05, 0) is 132 Å². The average molecular weight is 776 g/mol. The van der Waals surface area contributed by atoms with E-state index in [1.807, 2.05) is 0 Å². The molecule has 2 aliphatic carbocycles. The zero-order chi connectivity index (χ0) is 40.1. The lowest BCUT2D eigenvalue weighted by molar-refractivity contribution is 0.669. The van der Waals surface area contributed by atoms with Crippen LogP contribution in [0, 0.1) is 0 Å². The van der Waals surface area contributed by atoms with Crippen LogP contribution in [0.15, 0.2) is 229 Å². The number of fused-ring (bicyclic) bond motifs is 14. The lowest BCUT2D eigenvalue weighted by atomic mass is 9.70. The van der Waals surface area contributed by atoms with Gasteiger partial charge >= 0.3 is 0 Å². The number of benzene rings is 10. The third-order valence-corrected chi connectivity index (χ3v) is 13.3. The fourth-order valence-corrected chi connectivity index (χ4v) is 10.7. The van der Waals surface area contributed by atoms with E-state index in [-0.39, 0.29) is 5.41 Å². The highest BCUT2D eigenvalue weighted by Gasteiger charge is 2.52. The van der Waals surface area contributed by atoms with E-state index >= 15 is 0 Å². The normalized spacial score (nSPS) is 13.0. The number of nitrogens with zero attached hydrogens (tertiary/aromatic N) is 1. The molecule has 11 aromatic rings. The van der Waals surface area contributed by atoms with E-state index in [9.17, 15) is 0 Å². The van der Waals surface area contributed by atoms with E-state index < -0.39 is 0 Å². The highest BCUT2D eigenvalue weighted by molar-refractivity contribution is 6.11. The first-order chi connectivity index (χ1) is 30.3. The molecule has 13 rings (SSSR count). The monoisotopic (exact) mass is 775 g/mol. The summed E-state index contributed by atoms with van der Waals surface area (Å²) in [5, 5.41) is 4.61. The van der Waals surface area contributed by atoms with Crippen molar-refractivity contribution in [3.63, 3.8) is 0 Å². The van der Waals surface area contributed by atoms with Crippen LogP contribution in [0.5, 0.6) is 0 Å². The molecule has 2 aliphatic rings. The van der Waals surface area contributed by atoms with Crippen molar-refractivity contribution in [3.8, 4) is 44.5 Å². The number of rotatable bonds is 5. The molecule has 0 atom stereocenters. The molecule has 1 aromatic heterocycles. The zero-order valence-electron chi connectivity index (χ0n) is 33.2. The average Bonchev–Trinajstić information content (AvgIpc) is 3.95. The van der Waals surface area contributed by atoms with Crippen LogP contribution in [0.3, 0.4) is 0 Å². The Bertz CT molecular complexity index is 3490. The number of anilines is 3. The molecule has 0 unspecified atom stereocenters. The predicted molar refractivity (Wildman–Crippen MR) is 253 cm³/mol. The second-order valence-electron chi connectivity index (χ2n) is 16.4. The quantitative estimate of drug-likeness (QED) is 0.173. The molecule has 2 nitrogen and oxygen atoms in total. The maximum Gasteiger partial charge on any atom is 0.136 e. The maximum atomic E-state index is 6.41. The van der Waals surface area contributed by atoms with Gasteiger partial charge in [0.25, 0.3) is 0 Å². The molecule has 61 heavy (non-hydrogen) atoms. The van der Waals surface area contributed by atoms with Gasteiger partial charge in [-0.1, -0.05) is 170 Å². The molecule has 10 aromatic carbocycles. The van der Waals surface area contributed by atoms with Crippen molar-refractivity contribution < 1.29 is 4.42 Å². The summed E-state index contributed by atoms with van der Waals surface area (Å²) in [5.41, 5.74) is 20.2. The number of hydrogen-bond acceptors (Lipinski definition) is 2. The first kappa shape index (κ1) is 34.0. The van der Waals surface area contributed by atoms with E-state index in [0.29, 0.717) is 0 Å². The van der Waals surface area contributed by atoms with Gasteiger partial charge < -0.3 is 9.32 Å². The molecular weight excluding hydrogens is 739 g/mol. The van der Waals surface area contributed by atoms with Crippen molar-refractivity contribution in [2.45, 2.75) is 5.41 Å². The number of furan rings is 1. The van der Waals surface area contributed by atoms with Crippen molar-refractivity contribution in [1.29, 1.82) is 0 Å².